The van der Waals surface area contributed by atoms with Gasteiger partial charge in [0.1, 0.15) is 0 Å². The smallest absolute Gasteiger partial charge is 0.0921 e. The second-order valence-electron chi connectivity index (χ2n) is 12.5. The Balaban J connectivity index is 1.27. The fourth-order valence-electron chi connectivity index (χ4n) is 11.6. The first-order valence-corrected chi connectivity index (χ1v) is 12.1. The summed E-state index contributed by atoms with van der Waals surface area (Å²) in [5.74, 6) is 7.55. The molecule has 26 heavy (non-hydrogen) atoms. The molecule has 1 nitrogen and oxygen atoms in total. The largest absolute Gasteiger partial charge is 0.370 e. The van der Waals surface area contributed by atoms with Crippen molar-refractivity contribution in [2.75, 3.05) is 6.61 Å². The maximum atomic E-state index is 6.04. The van der Waals surface area contributed by atoms with Gasteiger partial charge < -0.3 is 4.74 Å². The number of hydrogen-bond donors (Lipinski definition) is 0. The molecule has 0 aromatic heterocycles. The number of ether oxygens (including phenoxy) is 1. The second kappa shape index (κ2) is 4.42. The topological polar surface area (TPSA) is 12.5 Å². The van der Waals surface area contributed by atoms with E-state index >= 15 is 0 Å². The predicted molar refractivity (Wildman–Crippen MR) is 104 cm³/mol. The zero-order valence-electron chi connectivity index (χ0n) is 17.2. The molecule has 144 valence electrons. The summed E-state index contributed by atoms with van der Waals surface area (Å²) in [4.78, 5) is 0. The van der Waals surface area contributed by atoms with Crippen LogP contribution in [0.5, 0.6) is 0 Å². The van der Waals surface area contributed by atoms with Crippen LogP contribution in [0.2, 0.25) is 0 Å². The minimum absolute atomic E-state index is 0.258. The van der Waals surface area contributed by atoms with Gasteiger partial charge in [0, 0.05) is 0 Å². The van der Waals surface area contributed by atoms with E-state index in [9.17, 15) is 0 Å². The third-order valence-electron chi connectivity index (χ3n) is 12.1. The molecule has 1 aliphatic heterocycles. The van der Waals surface area contributed by atoms with Gasteiger partial charge in [-0.05, 0) is 110 Å². The van der Waals surface area contributed by atoms with E-state index in [2.05, 4.69) is 20.8 Å². The molecule has 6 aliphatic carbocycles. The molecule has 7 unspecified atom stereocenters. The van der Waals surface area contributed by atoms with Gasteiger partial charge in [-0.1, -0.05) is 33.1 Å². The van der Waals surface area contributed by atoms with Gasteiger partial charge in [0.15, 0.2) is 0 Å². The molecule has 1 heterocycles. The first-order chi connectivity index (χ1) is 12.5. The van der Waals surface area contributed by atoms with Crippen molar-refractivity contribution in [2.45, 2.75) is 90.6 Å². The highest BCUT2D eigenvalue weighted by atomic mass is 16.6. The van der Waals surface area contributed by atoms with E-state index in [0.29, 0.717) is 5.41 Å². The second-order valence-corrected chi connectivity index (χ2v) is 12.5. The molecule has 0 radical (unpaired) electrons. The molecule has 0 amide bonds. The van der Waals surface area contributed by atoms with Gasteiger partial charge in [-0.2, -0.15) is 0 Å². The van der Waals surface area contributed by atoms with Crippen LogP contribution in [0.15, 0.2) is 0 Å². The Kier molecular flexibility index (Phi) is 2.69. The summed E-state index contributed by atoms with van der Waals surface area (Å²) in [6.07, 6.45) is 15.5. The summed E-state index contributed by atoms with van der Waals surface area (Å²) >= 11 is 0. The molecule has 2 spiro atoms. The predicted octanol–water partition coefficient (Wildman–Crippen LogP) is 6.07. The zero-order valence-corrected chi connectivity index (χ0v) is 17.2. The van der Waals surface area contributed by atoms with Crippen LogP contribution in [0.1, 0.15) is 85.0 Å². The molecule has 0 N–H and O–H groups in total. The van der Waals surface area contributed by atoms with Crippen LogP contribution >= 0.6 is 0 Å². The minimum atomic E-state index is 0.258. The summed E-state index contributed by atoms with van der Waals surface area (Å²) in [6, 6.07) is 0. The first kappa shape index (κ1) is 15.8. The van der Waals surface area contributed by atoms with Crippen molar-refractivity contribution in [1.29, 1.82) is 0 Å². The van der Waals surface area contributed by atoms with Crippen LogP contribution in [0, 0.1) is 57.7 Å². The Labute approximate surface area is 160 Å². The maximum absolute atomic E-state index is 6.04. The van der Waals surface area contributed by atoms with Gasteiger partial charge >= 0.3 is 0 Å². The van der Waals surface area contributed by atoms with E-state index in [1.165, 1.54) is 25.7 Å². The lowest BCUT2D eigenvalue weighted by Crippen LogP contribution is -2.65. The summed E-state index contributed by atoms with van der Waals surface area (Å²) in [6.45, 7) is 8.62. The highest BCUT2D eigenvalue weighted by Crippen LogP contribution is 2.97. The van der Waals surface area contributed by atoms with Gasteiger partial charge in [-0.3, -0.25) is 0 Å². The maximum Gasteiger partial charge on any atom is 0.0921 e. The average molecular weight is 355 g/mol. The van der Waals surface area contributed by atoms with Crippen LogP contribution in [0.25, 0.3) is 0 Å². The summed E-state index contributed by atoms with van der Waals surface area (Å²) in [5.41, 5.74) is 2.58. The quantitative estimate of drug-likeness (QED) is 0.560. The van der Waals surface area contributed by atoms with Crippen LogP contribution < -0.4 is 0 Å². The number of rotatable bonds is 3. The van der Waals surface area contributed by atoms with E-state index in [0.717, 1.165) is 58.9 Å². The molecule has 1 saturated heterocycles. The van der Waals surface area contributed by atoms with Crippen LogP contribution in [0.4, 0.5) is 0 Å². The number of fused-ring (bicyclic) bond motifs is 1. The SMILES string of the molecule is CCCC1CC[C@@H]2C3CC[C@@]4(C)C5C(CC[C@@H]4C4(C)CO4)C4(CC24C1)[C@H]35. The monoisotopic (exact) mass is 354 g/mol. The standard InChI is InChI=1S/C25H38O/c1-4-5-15-6-7-17-16-10-11-22(2)19(23(3)14-26-23)9-8-18-21(22)20(16)25(18)13-24(17,25)12-15/h15-21H,4-14H2,1-3H3/t15?,16?,17-,18?,19+,20-,21?,22-,23?,24?,25?/m1/s1. The third kappa shape index (κ3) is 1.43. The van der Waals surface area contributed by atoms with Crippen molar-refractivity contribution >= 4 is 0 Å². The molecule has 7 fully saturated rings. The van der Waals surface area contributed by atoms with E-state index in [-0.39, 0.29) is 5.60 Å². The molecule has 0 aromatic carbocycles. The molecule has 0 bridgehead atoms. The normalized spacial score (nSPS) is 69.1. The van der Waals surface area contributed by atoms with E-state index in [4.69, 9.17) is 4.74 Å². The first-order valence-electron chi connectivity index (χ1n) is 12.1. The van der Waals surface area contributed by atoms with Crippen LogP contribution in [0.3, 0.4) is 0 Å². The van der Waals surface area contributed by atoms with Crippen molar-refractivity contribution in [3.63, 3.8) is 0 Å². The lowest BCUT2D eigenvalue weighted by Gasteiger charge is -2.69. The van der Waals surface area contributed by atoms with Gasteiger partial charge in [0.2, 0.25) is 0 Å². The average Bonchev–Trinajstić information content (AvgIpc) is 3.49. The van der Waals surface area contributed by atoms with E-state index in [1.54, 1.807) is 38.5 Å². The van der Waals surface area contributed by atoms with Crippen molar-refractivity contribution < 1.29 is 4.74 Å². The van der Waals surface area contributed by atoms with Crippen molar-refractivity contribution in [2.24, 2.45) is 57.7 Å². The molecule has 0 aromatic rings. The Morgan fingerprint density at radius 1 is 0.962 bits per heavy atom. The Bertz CT molecular complexity index is 665. The molecule has 7 aliphatic rings. The van der Waals surface area contributed by atoms with Gasteiger partial charge in [-0.25, -0.2) is 0 Å². The Morgan fingerprint density at radius 2 is 1.77 bits per heavy atom. The van der Waals surface area contributed by atoms with Gasteiger partial charge in [0.05, 0.1) is 12.2 Å². The van der Waals surface area contributed by atoms with Crippen molar-refractivity contribution in [3.8, 4) is 0 Å². The van der Waals surface area contributed by atoms with Gasteiger partial charge in [-0.15, -0.1) is 0 Å². The van der Waals surface area contributed by atoms with E-state index in [1.807, 2.05) is 0 Å². The zero-order chi connectivity index (χ0) is 17.5. The van der Waals surface area contributed by atoms with E-state index < -0.39 is 0 Å². The summed E-state index contributed by atoms with van der Waals surface area (Å²) in [5, 5.41) is 0. The van der Waals surface area contributed by atoms with Crippen LogP contribution in [-0.4, -0.2) is 12.2 Å². The lowest BCUT2D eigenvalue weighted by atomic mass is 9.35. The highest BCUT2D eigenvalue weighted by molar-refractivity contribution is 5.39. The number of hydrogen-bond acceptors (Lipinski definition) is 1. The van der Waals surface area contributed by atoms with Crippen LogP contribution in [-0.2, 0) is 4.74 Å². The third-order valence-corrected chi connectivity index (χ3v) is 12.1. The number of epoxide rings is 1. The fraction of sp³-hybridized carbons (Fsp3) is 1.00. The molecular weight excluding hydrogens is 316 g/mol. The Morgan fingerprint density at radius 3 is 2.54 bits per heavy atom. The molecule has 1 heteroatoms. The summed E-state index contributed by atoms with van der Waals surface area (Å²) < 4.78 is 6.04. The summed E-state index contributed by atoms with van der Waals surface area (Å²) in [7, 11) is 0. The molecule has 7 rings (SSSR count). The Hall–Kier alpha value is -0.0400. The van der Waals surface area contributed by atoms with Gasteiger partial charge in [0.25, 0.3) is 0 Å². The molecular formula is C25H38O. The lowest BCUT2D eigenvalue weighted by molar-refractivity contribution is -0.220. The fourth-order valence-corrected chi connectivity index (χ4v) is 11.6. The van der Waals surface area contributed by atoms with Crippen molar-refractivity contribution in [1.82, 2.24) is 0 Å². The molecule has 11 atom stereocenters. The van der Waals surface area contributed by atoms with Crippen molar-refractivity contribution in [3.05, 3.63) is 0 Å². The molecule has 6 saturated carbocycles. The highest BCUT2D eigenvalue weighted by Gasteiger charge is 2.91. The minimum Gasteiger partial charge on any atom is -0.370 e.